The van der Waals surface area contributed by atoms with Crippen LogP contribution in [0.5, 0.6) is 0 Å². The molecule has 0 aromatic rings. The first kappa shape index (κ1) is 15.8. The summed E-state index contributed by atoms with van der Waals surface area (Å²) in [5.41, 5.74) is -0.776. The van der Waals surface area contributed by atoms with E-state index in [1.807, 2.05) is 6.92 Å². The standard InChI is InChI=1S/C16H30N2O2/c1-4-13-7-9-18(10-8-13)12(2)11-16(3,15(19)20)17-14-5-6-14/h12-14,17H,4-11H2,1-3H3,(H,19,20). The average Bonchev–Trinajstić information content (AvgIpc) is 3.22. The Balaban J connectivity index is 1.87. The summed E-state index contributed by atoms with van der Waals surface area (Å²) in [7, 11) is 0. The molecule has 0 aromatic carbocycles. The number of carbonyl (C=O) groups is 1. The van der Waals surface area contributed by atoms with Gasteiger partial charge in [-0.05, 0) is 65.0 Å². The highest BCUT2D eigenvalue weighted by Crippen LogP contribution is 2.28. The van der Waals surface area contributed by atoms with Gasteiger partial charge in [0.05, 0.1) is 0 Å². The number of likely N-dealkylation sites (tertiary alicyclic amines) is 1. The van der Waals surface area contributed by atoms with Crippen molar-refractivity contribution in [2.45, 2.75) is 76.9 Å². The smallest absolute Gasteiger partial charge is 0.323 e. The summed E-state index contributed by atoms with van der Waals surface area (Å²) in [6, 6.07) is 0.759. The van der Waals surface area contributed by atoms with Crippen molar-refractivity contribution in [3.05, 3.63) is 0 Å². The maximum atomic E-state index is 11.6. The lowest BCUT2D eigenvalue weighted by molar-refractivity contribution is -0.145. The highest BCUT2D eigenvalue weighted by atomic mass is 16.4. The molecular weight excluding hydrogens is 252 g/mol. The first-order chi connectivity index (χ1) is 9.44. The molecule has 1 aliphatic carbocycles. The molecule has 116 valence electrons. The Morgan fingerprint density at radius 1 is 1.35 bits per heavy atom. The molecule has 1 saturated heterocycles. The van der Waals surface area contributed by atoms with E-state index in [9.17, 15) is 9.90 Å². The normalized spacial score (nSPS) is 26.1. The molecule has 2 fully saturated rings. The first-order valence-electron chi connectivity index (χ1n) is 8.19. The number of hydrogen-bond acceptors (Lipinski definition) is 3. The van der Waals surface area contributed by atoms with Gasteiger partial charge in [-0.25, -0.2) is 0 Å². The summed E-state index contributed by atoms with van der Waals surface area (Å²) < 4.78 is 0. The molecule has 2 aliphatic rings. The Hall–Kier alpha value is -0.610. The van der Waals surface area contributed by atoms with Crippen LogP contribution in [0.25, 0.3) is 0 Å². The van der Waals surface area contributed by atoms with Crippen LogP contribution < -0.4 is 5.32 Å². The van der Waals surface area contributed by atoms with Gasteiger partial charge in [0.25, 0.3) is 0 Å². The lowest BCUT2D eigenvalue weighted by atomic mass is 9.89. The predicted molar refractivity (Wildman–Crippen MR) is 80.9 cm³/mol. The second kappa shape index (κ2) is 6.44. The van der Waals surface area contributed by atoms with E-state index in [2.05, 4.69) is 24.1 Å². The average molecular weight is 282 g/mol. The van der Waals surface area contributed by atoms with Crippen LogP contribution in [0.15, 0.2) is 0 Å². The lowest BCUT2D eigenvalue weighted by Gasteiger charge is -2.39. The maximum absolute atomic E-state index is 11.6. The molecule has 2 N–H and O–H groups in total. The fourth-order valence-corrected chi connectivity index (χ4v) is 3.41. The fourth-order valence-electron chi connectivity index (χ4n) is 3.41. The zero-order chi connectivity index (χ0) is 14.8. The second-order valence-corrected chi connectivity index (χ2v) is 7.00. The number of nitrogens with one attached hydrogen (secondary N) is 1. The minimum atomic E-state index is -0.776. The van der Waals surface area contributed by atoms with E-state index in [1.165, 1.54) is 19.3 Å². The van der Waals surface area contributed by atoms with Gasteiger partial charge in [-0.15, -0.1) is 0 Å². The largest absolute Gasteiger partial charge is 0.480 e. The maximum Gasteiger partial charge on any atom is 0.323 e. The van der Waals surface area contributed by atoms with Crippen LogP contribution in [0, 0.1) is 5.92 Å². The summed E-state index contributed by atoms with van der Waals surface area (Å²) in [6.45, 7) is 8.55. The van der Waals surface area contributed by atoms with Gasteiger partial charge in [-0.3, -0.25) is 10.1 Å². The molecule has 0 aromatic heterocycles. The molecule has 4 nitrogen and oxygen atoms in total. The van der Waals surface area contributed by atoms with E-state index in [1.54, 1.807) is 0 Å². The number of carboxylic acid groups (broad SMARTS) is 1. The number of aliphatic carboxylic acids is 1. The molecule has 1 aliphatic heterocycles. The monoisotopic (exact) mass is 282 g/mol. The quantitative estimate of drug-likeness (QED) is 0.753. The van der Waals surface area contributed by atoms with Crippen molar-refractivity contribution in [3.8, 4) is 0 Å². The summed E-state index contributed by atoms with van der Waals surface area (Å²) in [5.74, 6) is 0.161. The van der Waals surface area contributed by atoms with Crippen LogP contribution in [-0.2, 0) is 4.79 Å². The van der Waals surface area contributed by atoms with Crippen LogP contribution in [0.1, 0.15) is 59.3 Å². The van der Waals surface area contributed by atoms with Crippen LogP contribution in [0.4, 0.5) is 0 Å². The third kappa shape index (κ3) is 3.95. The second-order valence-electron chi connectivity index (χ2n) is 7.00. The van der Waals surface area contributed by atoms with Gasteiger partial charge >= 0.3 is 5.97 Å². The Labute approximate surface area is 122 Å². The topological polar surface area (TPSA) is 52.6 Å². The highest BCUT2D eigenvalue weighted by molar-refractivity contribution is 5.78. The van der Waals surface area contributed by atoms with Gasteiger partial charge in [0.15, 0.2) is 0 Å². The fraction of sp³-hybridized carbons (Fsp3) is 0.938. The first-order valence-corrected chi connectivity index (χ1v) is 8.19. The summed E-state index contributed by atoms with van der Waals surface area (Å²) in [6.07, 6.45) is 6.74. The number of piperidine rings is 1. The number of rotatable bonds is 7. The summed E-state index contributed by atoms with van der Waals surface area (Å²) >= 11 is 0. The molecule has 0 spiro atoms. The van der Waals surface area contributed by atoms with Crippen LogP contribution in [0.3, 0.4) is 0 Å². The van der Waals surface area contributed by atoms with Crippen molar-refractivity contribution in [1.29, 1.82) is 0 Å². The van der Waals surface area contributed by atoms with E-state index in [0.29, 0.717) is 18.5 Å². The zero-order valence-corrected chi connectivity index (χ0v) is 13.2. The van der Waals surface area contributed by atoms with Crippen molar-refractivity contribution < 1.29 is 9.90 Å². The predicted octanol–water partition coefficient (Wildman–Crippen LogP) is 2.48. The van der Waals surface area contributed by atoms with E-state index < -0.39 is 11.5 Å². The van der Waals surface area contributed by atoms with Gasteiger partial charge in [0.2, 0.25) is 0 Å². The van der Waals surface area contributed by atoms with Gasteiger partial charge in [-0.1, -0.05) is 13.3 Å². The third-order valence-corrected chi connectivity index (χ3v) is 5.13. The van der Waals surface area contributed by atoms with Gasteiger partial charge in [0, 0.05) is 12.1 Å². The van der Waals surface area contributed by atoms with Gasteiger partial charge in [0.1, 0.15) is 5.54 Å². The number of nitrogens with zero attached hydrogens (tertiary/aromatic N) is 1. The Morgan fingerprint density at radius 3 is 2.40 bits per heavy atom. The van der Waals surface area contributed by atoms with Gasteiger partial charge in [-0.2, -0.15) is 0 Å². The Kier molecular flexibility index (Phi) is 5.08. The molecule has 0 radical (unpaired) electrons. The SMILES string of the molecule is CCC1CCN(C(C)CC(C)(NC2CC2)C(=O)O)CC1. The minimum absolute atomic E-state index is 0.333. The van der Waals surface area contributed by atoms with Crippen molar-refractivity contribution in [2.75, 3.05) is 13.1 Å². The lowest BCUT2D eigenvalue weighted by Crippen LogP contribution is -2.55. The molecule has 0 bridgehead atoms. The van der Waals surface area contributed by atoms with E-state index >= 15 is 0 Å². The van der Waals surface area contributed by atoms with Crippen molar-refractivity contribution in [1.82, 2.24) is 10.2 Å². The third-order valence-electron chi connectivity index (χ3n) is 5.13. The molecule has 2 atom stereocenters. The Bertz CT molecular complexity index is 335. The minimum Gasteiger partial charge on any atom is -0.480 e. The molecule has 0 amide bonds. The summed E-state index contributed by atoms with van der Waals surface area (Å²) in [4.78, 5) is 14.1. The van der Waals surface area contributed by atoms with Crippen molar-refractivity contribution in [2.24, 2.45) is 5.92 Å². The molecule has 2 rings (SSSR count). The molecule has 4 heteroatoms. The molecule has 20 heavy (non-hydrogen) atoms. The molecule has 1 heterocycles. The van der Waals surface area contributed by atoms with Crippen molar-refractivity contribution in [3.63, 3.8) is 0 Å². The molecular formula is C16H30N2O2. The van der Waals surface area contributed by atoms with Crippen LogP contribution in [-0.4, -0.2) is 46.7 Å². The van der Waals surface area contributed by atoms with Crippen molar-refractivity contribution >= 4 is 5.97 Å². The van der Waals surface area contributed by atoms with E-state index in [4.69, 9.17) is 0 Å². The van der Waals surface area contributed by atoms with E-state index in [0.717, 1.165) is 31.8 Å². The molecule has 2 unspecified atom stereocenters. The number of carboxylic acids is 1. The van der Waals surface area contributed by atoms with Crippen LogP contribution in [0.2, 0.25) is 0 Å². The Morgan fingerprint density at radius 2 is 1.95 bits per heavy atom. The highest BCUT2D eigenvalue weighted by Gasteiger charge is 2.40. The summed E-state index contributed by atoms with van der Waals surface area (Å²) in [5, 5.41) is 12.9. The number of hydrogen-bond donors (Lipinski definition) is 2. The zero-order valence-electron chi connectivity index (χ0n) is 13.2. The van der Waals surface area contributed by atoms with Crippen LogP contribution >= 0.6 is 0 Å². The molecule has 1 saturated carbocycles. The van der Waals surface area contributed by atoms with Gasteiger partial charge < -0.3 is 10.0 Å². The van der Waals surface area contributed by atoms with E-state index in [-0.39, 0.29) is 0 Å².